The molecule has 1 aliphatic heterocycles. The van der Waals surface area contributed by atoms with E-state index >= 15 is 0 Å². The molecule has 0 amide bonds. The second-order valence-electron chi connectivity index (χ2n) is 4.67. The standard InChI is InChI=1S/C16H16FNO2/c17-14-4-2-1-3-13(14)11-18-10-12-5-6-15-16(9-12)20-8-7-19-15/h1-6,9,18H,7-8,10-11H2. The number of rotatable bonds is 4. The van der Waals surface area contributed by atoms with Gasteiger partial charge in [-0.25, -0.2) is 4.39 Å². The summed E-state index contributed by atoms with van der Waals surface area (Å²) in [5, 5.41) is 3.23. The molecule has 1 N–H and O–H groups in total. The van der Waals surface area contributed by atoms with Gasteiger partial charge in [0.15, 0.2) is 11.5 Å². The van der Waals surface area contributed by atoms with Gasteiger partial charge in [-0.05, 0) is 23.8 Å². The summed E-state index contributed by atoms with van der Waals surface area (Å²) in [6.07, 6.45) is 0. The molecule has 3 rings (SSSR count). The van der Waals surface area contributed by atoms with Crippen molar-refractivity contribution in [1.29, 1.82) is 0 Å². The first-order chi connectivity index (χ1) is 9.83. The van der Waals surface area contributed by atoms with Crippen LogP contribution in [0.2, 0.25) is 0 Å². The first-order valence-electron chi connectivity index (χ1n) is 6.65. The summed E-state index contributed by atoms with van der Waals surface area (Å²) in [5.41, 5.74) is 1.76. The number of hydrogen-bond acceptors (Lipinski definition) is 3. The average molecular weight is 273 g/mol. The molecule has 2 aromatic rings. The summed E-state index contributed by atoms with van der Waals surface area (Å²) in [4.78, 5) is 0. The van der Waals surface area contributed by atoms with Crippen LogP contribution in [0, 0.1) is 5.82 Å². The lowest BCUT2D eigenvalue weighted by Crippen LogP contribution is -2.17. The highest BCUT2D eigenvalue weighted by atomic mass is 19.1. The molecule has 4 heteroatoms. The van der Waals surface area contributed by atoms with E-state index in [0.29, 0.717) is 31.9 Å². The molecule has 0 fully saturated rings. The van der Waals surface area contributed by atoms with Gasteiger partial charge >= 0.3 is 0 Å². The smallest absolute Gasteiger partial charge is 0.161 e. The van der Waals surface area contributed by atoms with Gasteiger partial charge in [-0.15, -0.1) is 0 Å². The Morgan fingerprint density at radius 1 is 0.950 bits per heavy atom. The van der Waals surface area contributed by atoms with Gasteiger partial charge in [0.25, 0.3) is 0 Å². The highest BCUT2D eigenvalue weighted by molar-refractivity contribution is 5.43. The molecular weight excluding hydrogens is 257 g/mol. The van der Waals surface area contributed by atoms with Gasteiger partial charge in [0.1, 0.15) is 19.0 Å². The Labute approximate surface area is 117 Å². The fraction of sp³-hybridized carbons (Fsp3) is 0.250. The maximum Gasteiger partial charge on any atom is 0.161 e. The lowest BCUT2D eigenvalue weighted by molar-refractivity contribution is 0.171. The van der Waals surface area contributed by atoms with E-state index in [-0.39, 0.29) is 5.82 Å². The van der Waals surface area contributed by atoms with Crippen LogP contribution in [0.3, 0.4) is 0 Å². The number of fused-ring (bicyclic) bond motifs is 1. The van der Waals surface area contributed by atoms with E-state index < -0.39 is 0 Å². The van der Waals surface area contributed by atoms with Crippen LogP contribution in [0.25, 0.3) is 0 Å². The van der Waals surface area contributed by atoms with Crippen LogP contribution >= 0.6 is 0 Å². The van der Waals surface area contributed by atoms with E-state index in [1.807, 2.05) is 24.3 Å². The van der Waals surface area contributed by atoms with Crippen LogP contribution in [0.1, 0.15) is 11.1 Å². The summed E-state index contributed by atoms with van der Waals surface area (Å²) in [6, 6.07) is 12.6. The van der Waals surface area contributed by atoms with Gasteiger partial charge in [0.05, 0.1) is 0 Å². The van der Waals surface area contributed by atoms with Crippen LogP contribution in [0.4, 0.5) is 4.39 Å². The van der Waals surface area contributed by atoms with Crippen LogP contribution < -0.4 is 14.8 Å². The van der Waals surface area contributed by atoms with Crippen molar-refractivity contribution in [2.75, 3.05) is 13.2 Å². The zero-order valence-electron chi connectivity index (χ0n) is 11.1. The molecule has 3 nitrogen and oxygen atoms in total. The predicted octanol–water partition coefficient (Wildman–Crippen LogP) is 2.89. The molecule has 0 aromatic heterocycles. The average Bonchev–Trinajstić information content (AvgIpc) is 2.49. The molecule has 0 bridgehead atoms. The number of halogens is 1. The Morgan fingerprint density at radius 3 is 2.60 bits per heavy atom. The molecule has 0 aliphatic carbocycles. The monoisotopic (exact) mass is 273 g/mol. The minimum atomic E-state index is -0.179. The number of benzene rings is 2. The van der Waals surface area contributed by atoms with E-state index in [9.17, 15) is 4.39 Å². The highest BCUT2D eigenvalue weighted by Crippen LogP contribution is 2.30. The molecule has 0 saturated carbocycles. The molecule has 0 unspecified atom stereocenters. The van der Waals surface area contributed by atoms with Crippen molar-refractivity contribution in [3.63, 3.8) is 0 Å². The summed E-state index contributed by atoms with van der Waals surface area (Å²) in [6.45, 7) is 2.34. The van der Waals surface area contributed by atoms with E-state index in [4.69, 9.17) is 9.47 Å². The van der Waals surface area contributed by atoms with Crippen LogP contribution in [-0.2, 0) is 13.1 Å². The molecule has 104 valence electrons. The Bertz CT molecular complexity index is 601. The first-order valence-corrected chi connectivity index (χ1v) is 6.65. The molecule has 0 spiro atoms. The molecular formula is C16H16FNO2. The van der Waals surface area contributed by atoms with Crippen molar-refractivity contribution in [2.24, 2.45) is 0 Å². The van der Waals surface area contributed by atoms with Crippen LogP contribution in [-0.4, -0.2) is 13.2 Å². The lowest BCUT2D eigenvalue weighted by atomic mass is 10.1. The van der Waals surface area contributed by atoms with Crippen molar-refractivity contribution in [3.05, 3.63) is 59.4 Å². The van der Waals surface area contributed by atoms with Gasteiger partial charge < -0.3 is 14.8 Å². The minimum absolute atomic E-state index is 0.179. The molecule has 1 aliphatic rings. The summed E-state index contributed by atoms with van der Waals surface area (Å²) in [7, 11) is 0. The number of ether oxygens (including phenoxy) is 2. The lowest BCUT2D eigenvalue weighted by Gasteiger charge is -2.19. The number of nitrogens with one attached hydrogen (secondary N) is 1. The zero-order chi connectivity index (χ0) is 13.8. The second kappa shape index (κ2) is 5.92. The number of hydrogen-bond donors (Lipinski definition) is 1. The Hall–Kier alpha value is -2.07. The van der Waals surface area contributed by atoms with Gasteiger partial charge in [-0.1, -0.05) is 24.3 Å². The van der Waals surface area contributed by atoms with Crippen molar-refractivity contribution in [2.45, 2.75) is 13.1 Å². The highest BCUT2D eigenvalue weighted by Gasteiger charge is 2.11. The zero-order valence-corrected chi connectivity index (χ0v) is 11.1. The van der Waals surface area contributed by atoms with E-state index in [1.54, 1.807) is 12.1 Å². The Balaban J connectivity index is 1.60. The molecule has 0 atom stereocenters. The molecule has 2 aromatic carbocycles. The summed E-state index contributed by atoms with van der Waals surface area (Å²) < 4.78 is 24.5. The molecule has 1 heterocycles. The second-order valence-corrected chi connectivity index (χ2v) is 4.67. The Morgan fingerprint density at radius 2 is 1.75 bits per heavy atom. The Kier molecular flexibility index (Phi) is 3.83. The van der Waals surface area contributed by atoms with Gasteiger partial charge in [-0.3, -0.25) is 0 Å². The van der Waals surface area contributed by atoms with Crippen molar-refractivity contribution in [3.8, 4) is 11.5 Å². The fourth-order valence-corrected chi connectivity index (χ4v) is 2.18. The van der Waals surface area contributed by atoms with Gasteiger partial charge in [-0.2, -0.15) is 0 Å². The largest absolute Gasteiger partial charge is 0.486 e. The van der Waals surface area contributed by atoms with Crippen LogP contribution in [0.15, 0.2) is 42.5 Å². The van der Waals surface area contributed by atoms with E-state index in [1.165, 1.54) is 6.07 Å². The van der Waals surface area contributed by atoms with E-state index in [2.05, 4.69) is 5.32 Å². The van der Waals surface area contributed by atoms with Gasteiger partial charge in [0.2, 0.25) is 0 Å². The van der Waals surface area contributed by atoms with Crippen molar-refractivity contribution < 1.29 is 13.9 Å². The molecule has 0 radical (unpaired) electrons. The third-order valence-electron chi connectivity index (χ3n) is 3.21. The fourth-order valence-electron chi connectivity index (χ4n) is 2.18. The SMILES string of the molecule is Fc1ccccc1CNCc1ccc2c(c1)OCCO2. The predicted molar refractivity (Wildman–Crippen MR) is 74.4 cm³/mol. The maximum atomic E-state index is 13.5. The summed E-state index contributed by atoms with van der Waals surface area (Å²) in [5.74, 6) is 1.39. The molecule has 20 heavy (non-hydrogen) atoms. The van der Waals surface area contributed by atoms with Crippen molar-refractivity contribution >= 4 is 0 Å². The van der Waals surface area contributed by atoms with Crippen molar-refractivity contribution in [1.82, 2.24) is 5.32 Å². The van der Waals surface area contributed by atoms with E-state index in [0.717, 1.165) is 17.1 Å². The topological polar surface area (TPSA) is 30.5 Å². The van der Waals surface area contributed by atoms with Crippen LogP contribution in [0.5, 0.6) is 11.5 Å². The third-order valence-corrected chi connectivity index (χ3v) is 3.21. The first kappa shape index (κ1) is 12.9. The normalized spacial score (nSPS) is 13.2. The van der Waals surface area contributed by atoms with Gasteiger partial charge in [0, 0.05) is 18.7 Å². The minimum Gasteiger partial charge on any atom is -0.486 e. The quantitative estimate of drug-likeness (QED) is 0.929. The molecule has 0 saturated heterocycles. The maximum absolute atomic E-state index is 13.5. The summed E-state index contributed by atoms with van der Waals surface area (Å²) >= 11 is 0. The third kappa shape index (κ3) is 2.91.